The molecule has 0 saturated carbocycles. The number of aryl methyl sites for hydroxylation is 1. The Kier molecular flexibility index (Phi) is 5.13. The maximum atomic E-state index is 12.7. The zero-order valence-electron chi connectivity index (χ0n) is 14.1. The van der Waals surface area contributed by atoms with Gasteiger partial charge in [0.15, 0.2) is 0 Å². The van der Waals surface area contributed by atoms with E-state index in [0.29, 0.717) is 18.9 Å². The first-order chi connectivity index (χ1) is 12.3. The number of hydrogen-bond acceptors (Lipinski definition) is 4. The zero-order chi connectivity index (χ0) is 18.7. The number of hydrogen-bond donors (Lipinski definition) is 1. The van der Waals surface area contributed by atoms with Crippen molar-refractivity contribution >= 4 is 17.3 Å². The number of carbonyl (C=O) groups excluding carboxylic acids is 1. The standard InChI is InChI=1S/C18H18F3N3O2/c1-12-15(6-7-16(22-12)18(19,20)21)17(25)23-13-2-4-14(5-3-13)24-8-10-26-11-9-24/h2-7H,8-11H2,1H3,(H,23,25). The van der Waals surface area contributed by atoms with E-state index < -0.39 is 17.8 Å². The summed E-state index contributed by atoms with van der Waals surface area (Å²) in [5.74, 6) is -0.497. The molecule has 2 heterocycles. The number of carbonyl (C=O) groups is 1. The van der Waals surface area contributed by atoms with Gasteiger partial charge in [0.25, 0.3) is 5.91 Å². The number of nitrogens with one attached hydrogen (secondary N) is 1. The summed E-state index contributed by atoms with van der Waals surface area (Å²) in [7, 11) is 0. The van der Waals surface area contributed by atoms with Crippen molar-refractivity contribution in [1.29, 1.82) is 0 Å². The molecule has 0 aliphatic carbocycles. The minimum Gasteiger partial charge on any atom is -0.378 e. The average Bonchev–Trinajstić information content (AvgIpc) is 2.62. The number of alkyl halides is 3. The fourth-order valence-corrected chi connectivity index (χ4v) is 2.73. The number of benzene rings is 1. The van der Waals surface area contributed by atoms with Crippen LogP contribution in [0.15, 0.2) is 36.4 Å². The van der Waals surface area contributed by atoms with Crippen LogP contribution in [0.1, 0.15) is 21.7 Å². The predicted octanol–water partition coefficient (Wildman–Crippen LogP) is 3.50. The van der Waals surface area contributed by atoms with Gasteiger partial charge in [0.1, 0.15) is 5.69 Å². The van der Waals surface area contributed by atoms with Gasteiger partial charge < -0.3 is 15.0 Å². The highest BCUT2D eigenvalue weighted by Gasteiger charge is 2.33. The SMILES string of the molecule is Cc1nc(C(F)(F)F)ccc1C(=O)Nc1ccc(N2CCOCC2)cc1. The normalized spacial score (nSPS) is 15.0. The third-order valence-electron chi connectivity index (χ3n) is 4.12. The Balaban J connectivity index is 1.69. The molecule has 0 bridgehead atoms. The smallest absolute Gasteiger partial charge is 0.378 e. The van der Waals surface area contributed by atoms with Crippen LogP contribution < -0.4 is 10.2 Å². The topological polar surface area (TPSA) is 54.5 Å². The lowest BCUT2D eigenvalue weighted by molar-refractivity contribution is -0.141. The van der Waals surface area contributed by atoms with Crippen LogP contribution in [0.2, 0.25) is 0 Å². The molecular formula is C18H18F3N3O2. The quantitative estimate of drug-likeness (QED) is 0.905. The summed E-state index contributed by atoms with van der Waals surface area (Å²) in [5.41, 5.74) is 0.712. The molecule has 26 heavy (non-hydrogen) atoms. The van der Waals surface area contributed by atoms with Gasteiger partial charge in [0.05, 0.1) is 24.5 Å². The third-order valence-corrected chi connectivity index (χ3v) is 4.12. The van der Waals surface area contributed by atoms with E-state index >= 15 is 0 Å². The first-order valence-electron chi connectivity index (χ1n) is 8.13. The van der Waals surface area contributed by atoms with E-state index in [0.717, 1.165) is 30.9 Å². The second kappa shape index (κ2) is 7.33. The van der Waals surface area contributed by atoms with Crippen molar-refractivity contribution in [3.05, 3.63) is 53.3 Å². The first kappa shape index (κ1) is 18.2. The van der Waals surface area contributed by atoms with E-state index in [-0.39, 0.29) is 11.3 Å². The molecule has 1 aliphatic heterocycles. The van der Waals surface area contributed by atoms with Crippen LogP contribution in [0.4, 0.5) is 24.5 Å². The summed E-state index contributed by atoms with van der Waals surface area (Å²) in [6.45, 7) is 4.35. The monoisotopic (exact) mass is 365 g/mol. The largest absolute Gasteiger partial charge is 0.433 e. The second-order valence-corrected chi connectivity index (χ2v) is 5.93. The highest BCUT2D eigenvalue weighted by atomic mass is 19.4. The Bertz CT molecular complexity index is 785. The lowest BCUT2D eigenvalue weighted by atomic mass is 10.1. The molecule has 5 nitrogen and oxygen atoms in total. The van der Waals surface area contributed by atoms with Gasteiger partial charge in [-0.05, 0) is 43.3 Å². The molecule has 1 amide bonds. The van der Waals surface area contributed by atoms with Crippen LogP contribution in [-0.4, -0.2) is 37.2 Å². The number of halogens is 3. The number of rotatable bonds is 3. The van der Waals surface area contributed by atoms with Crippen molar-refractivity contribution < 1.29 is 22.7 Å². The van der Waals surface area contributed by atoms with E-state index in [9.17, 15) is 18.0 Å². The Morgan fingerprint density at radius 1 is 1.12 bits per heavy atom. The Morgan fingerprint density at radius 2 is 1.77 bits per heavy atom. The van der Waals surface area contributed by atoms with Crippen molar-refractivity contribution in [2.75, 3.05) is 36.5 Å². The van der Waals surface area contributed by atoms with Gasteiger partial charge in [-0.25, -0.2) is 4.98 Å². The molecule has 1 aliphatic rings. The maximum absolute atomic E-state index is 12.7. The molecule has 1 saturated heterocycles. The number of morpholine rings is 1. The van der Waals surface area contributed by atoms with E-state index in [1.54, 1.807) is 12.1 Å². The molecule has 1 aromatic heterocycles. The Morgan fingerprint density at radius 3 is 2.35 bits per heavy atom. The Labute approximate surface area is 148 Å². The van der Waals surface area contributed by atoms with Gasteiger partial charge in [-0.3, -0.25) is 4.79 Å². The van der Waals surface area contributed by atoms with Crippen LogP contribution in [0, 0.1) is 6.92 Å². The summed E-state index contributed by atoms with van der Waals surface area (Å²) >= 11 is 0. The third kappa shape index (κ3) is 4.13. The van der Waals surface area contributed by atoms with Gasteiger partial charge in [-0.2, -0.15) is 13.2 Å². The van der Waals surface area contributed by atoms with Crippen molar-refractivity contribution in [1.82, 2.24) is 4.98 Å². The number of anilines is 2. The highest BCUT2D eigenvalue weighted by molar-refractivity contribution is 6.05. The van der Waals surface area contributed by atoms with Crippen LogP contribution in [0.3, 0.4) is 0 Å². The number of aromatic nitrogens is 1. The van der Waals surface area contributed by atoms with E-state index in [4.69, 9.17) is 4.74 Å². The van der Waals surface area contributed by atoms with Gasteiger partial charge in [0, 0.05) is 24.5 Å². The molecular weight excluding hydrogens is 347 g/mol. The van der Waals surface area contributed by atoms with E-state index in [1.165, 1.54) is 6.92 Å². The summed E-state index contributed by atoms with van der Waals surface area (Å²) < 4.78 is 43.3. The molecule has 0 unspecified atom stereocenters. The molecule has 0 atom stereocenters. The molecule has 0 radical (unpaired) electrons. The molecule has 0 spiro atoms. The van der Waals surface area contributed by atoms with Crippen molar-refractivity contribution in [3.8, 4) is 0 Å². The molecule has 138 valence electrons. The van der Waals surface area contributed by atoms with E-state index in [2.05, 4.69) is 15.2 Å². The first-order valence-corrected chi connectivity index (χ1v) is 8.13. The molecule has 2 aromatic rings. The molecule has 8 heteroatoms. The molecule has 3 rings (SSSR count). The van der Waals surface area contributed by atoms with Crippen LogP contribution in [0.25, 0.3) is 0 Å². The lowest BCUT2D eigenvalue weighted by Crippen LogP contribution is -2.36. The van der Waals surface area contributed by atoms with Gasteiger partial charge in [0.2, 0.25) is 0 Å². The summed E-state index contributed by atoms with van der Waals surface area (Å²) in [4.78, 5) is 18.0. The minimum atomic E-state index is -4.53. The van der Waals surface area contributed by atoms with Gasteiger partial charge in [-0.15, -0.1) is 0 Å². The average molecular weight is 365 g/mol. The fourth-order valence-electron chi connectivity index (χ4n) is 2.73. The molecule has 1 aromatic carbocycles. The zero-order valence-corrected chi connectivity index (χ0v) is 14.1. The van der Waals surface area contributed by atoms with E-state index in [1.807, 2.05) is 12.1 Å². The highest BCUT2D eigenvalue weighted by Crippen LogP contribution is 2.28. The number of amides is 1. The van der Waals surface area contributed by atoms with Crippen molar-refractivity contribution in [2.24, 2.45) is 0 Å². The lowest BCUT2D eigenvalue weighted by Gasteiger charge is -2.28. The van der Waals surface area contributed by atoms with Crippen LogP contribution in [-0.2, 0) is 10.9 Å². The Hall–Kier alpha value is -2.61. The summed E-state index contributed by atoms with van der Waals surface area (Å²) in [6, 6.07) is 9.24. The van der Waals surface area contributed by atoms with Crippen molar-refractivity contribution in [3.63, 3.8) is 0 Å². The fraction of sp³-hybridized carbons (Fsp3) is 0.333. The van der Waals surface area contributed by atoms with Gasteiger partial charge in [-0.1, -0.05) is 0 Å². The maximum Gasteiger partial charge on any atom is 0.433 e. The minimum absolute atomic E-state index is 0.0299. The number of nitrogens with zero attached hydrogens (tertiary/aromatic N) is 2. The second-order valence-electron chi connectivity index (χ2n) is 5.93. The molecule has 1 fully saturated rings. The van der Waals surface area contributed by atoms with Crippen molar-refractivity contribution in [2.45, 2.75) is 13.1 Å². The summed E-state index contributed by atoms with van der Waals surface area (Å²) in [5, 5.41) is 2.68. The van der Waals surface area contributed by atoms with Crippen LogP contribution in [0.5, 0.6) is 0 Å². The van der Waals surface area contributed by atoms with Crippen LogP contribution >= 0.6 is 0 Å². The molecule has 1 N–H and O–H groups in total. The summed E-state index contributed by atoms with van der Waals surface area (Å²) in [6.07, 6.45) is -4.53. The predicted molar refractivity (Wildman–Crippen MR) is 91.4 cm³/mol. The number of pyridine rings is 1. The number of ether oxygens (including phenoxy) is 1. The van der Waals surface area contributed by atoms with Gasteiger partial charge >= 0.3 is 6.18 Å².